The number of aryl methyl sites for hydroxylation is 1. The molecule has 0 bridgehead atoms. The first-order chi connectivity index (χ1) is 12.0. The summed E-state index contributed by atoms with van der Waals surface area (Å²) in [6.45, 7) is 3.66. The average Bonchev–Trinajstić information content (AvgIpc) is 3.03. The van der Waals surface area contributed by atoms with Crippen LogP contribution in [0.1, 0.15) is 33.8 Å². The van der Waals surface area contributed by atoms with Gasteiger partial charge in [0.05, 0.1) is 14.9 Å². The Labute approximate surface area is 156 Å². The van der Waals surface area contributed by atoms with E-state index in [4.69, 9.17) is 11.6 Å². The third-order valence-electron chi connectivity index (χ3n) is 4.45. The molecule has 0 saturated carbocycles. The van der Waals surface area contributed by atoms with E-state index < -0.39 is 5.67 Å². The Balaban J connectivity index is 1.47. The third kappa shape index (κ3) is 4.77. The van der Waals surface area contributed by atoms with Crippen LogP contribution < -0.4 is 5.32 Å². The molecule has 134 valence electrons. The second kappa shape index (κ2) is 7.81. The van der Waals surface area contributed by atoms with Gasteiger partial charge in [-0.2, -0.15) is 0 Å². The normalized spacial score (nSPS) is 16.8. The summed E-state index contributed by atoms with van der Waals surface area (Å²) in [7, 11) is 0. The molecule has 1 aliphatic heterocycles. The molecule has 25 heavy (non-hydrogen) atoms. The van der Waals surface area contributed by atoms with Crippen LogP contribution in [0, 0.1) is 6.92 Å². The molecular formula is C18H21ClFN3OS. The molecule has 2 aromatic heterocycles. The van der Waals surface area contributed by atoms with Crippen molar-refractivity contribution in [2.45, 2.75) is 32.0 Å². The van der Waals surface area contributed by atoms with Crippen LogP contribution in [0.4, 0.5) is 4.39 Å². The van der Waals surface area contributed by atoms with Crippen LogP contribution in [-0.4, -0.2) is 41.1 Å². The van der Waals surface area contributed by atoms with Crippen molar-refractivity contribution in [1.29, 1.82) is 0 Å². The molecule has 0 radical (unpaired) electrons. The van der Waals surface area contributed by atoms with Gasteiger partial charge in [-0.1, -0.05) is 17.7 Å². The number of likely N-dealkylation sites (tertiary alicyclic amines) is 1. The highest BCUT2D eigenvalue weighted by Crippen LogP contribution is 2.29. The first kappa shape index (κ1) is 18.3. The number of thiophene rings is 1. The lowest BCUT2D eigenvalue weighted by molar-refractivity contribution is 0.0438. The molecule has 0 spiro atoms. The van der Waals surface area contributed by atoms with Gasteiger partial charge in [0.2, 0.25) is 0 Å². The number of carbonyl (C=O) groups excluding carboxylic acids is 1. The van der Waals surface area contributed by atoms with Crippen molar-refractivity contribution in [1.82, 2.24) is 15.2 Å². The van der Waals surface area contributed by atoms with Crippen LogP contribution in [0.5, 0.6) is 0 Å². The molecule has 0 aliphatic carbocycles. The molecule has 1 N–H and O–H groups in total. The van der Waals surface area contributed by atoms with Gasteiger partial charge in [0.15, 0.2) is 0 Å². The van der Waals surface area contributed by atoms with E-state index in [9.17, 15) is 9.18 Å². The maximum Gasteiger partial charge on any atom is 0.263 e. The summed E-state index contributed by atoms with van der Waals surface area (Å²) in [4.78, 5) is 19.0. The van der Waals surface area contributed by atoms with Crippen molar-refractivity contribution in [3.05, 3.63) is 50.9 Å². The third-order valence-corrected chi connectivity index (χ3v) is 5.67. The summed E-state index contributed by atoms with van der Waals surface area (Å²) in [6, 6.07) is 7.38. The number of alkyl halides is 1. The van der Waals surface area contributed by atoms with Gasteiger partial charge in [-0.05, 0) is 30.7 Å². The topological polar surface area (TPSA) is 45.2 Å². The van der Waals surface area contributed by atoms with Gasteiger partial charge < -0.3 is 10.2 Å². The Morgan fingerprint density at radius 3 is 2.72 bits per heavy atom. The SMILES string of the molecule is Cc1ccc(CNCC2(F)CCN(C(=O)c3ccc(Cl)s3)CC2)nc1. The summed E-state index contributed by atoms with van der Waals surface area (Å²) in [5.74, 6) is -0.0595. The van der Waals surface area contributed by atoms with Gasteiger partial charge >= 0.3 is 0 Å². The van der Waals surface area contributed by atoms with Crippen LogP contribution >= 0.6 is 22.9 Å². The number of pyridine rings is 1. The van der Waals surface area contributed by atoms with E-state index in [0.717, 1.165) is 11.3 Å². The zero-order chi connectivity index (χ0) is 17.9. The lowest BCUT2D eigenvalue weighted by atomic mass is 9.93. The number of rotatable bonds is 5. The predicted octanol–water partition coefficient (Wildman–Crippen LogP) is 3.84. The second-order valence-electron chi connectivity index (χ2n) is 6.48. The highest BCUT2D eigenvalue weighted by Gasteiger charge is 2.36. The first-order valence-electron chi connectivity index (χ1n) is 8.31. The number of aromatic nitrogens is 1. The first-order valence-corrected chi connectivity index (χ1v) is 9.50. The van der Waals surface area contributed by atoms with E-state index in [1.54, 1.807) is 17.0 Å². The zero-order valence-corrected chi connectivity index (χ0v) is 15.7. The zero-order valence-electron chi connectivity index (χ0n) is 14.1. The van der Waals surface area contributed by atoms with Crippen molar-refractivity contribution < 1.29 is 9.18 Å². The summed E-state index contributed by atoms with van der Waals surface area (Å²) in [5, 5.41) is 3.15. The molecule has 1 saturated heterocycles. The molecule has 3 heterocycles. The Morgan fingerprint density at radius 1 is 1.36 bits per heavy atom. The molecule has 3 rings (SSSR count). The van der Waals surface area contributed by atoms with Gasteiger partial charge in [0, 0.05) is 45.2 Å². The number of piperidine rings is 1. The van der Waals surface area contributed by atoms with E-state index in [1.165, 1.54) is 11.3 Å². The van der Waals surface area contributed by atoms with Crippen molar-refractivity contribution >= 4 is 28.8 Å². The minimum absolute atomic E-state index is 0.0595. The summed E-state index contributed by atoms with van der Waals surface area (Å²) >= 11 is 7.14. The number of nitrogens with one attached hydrogen (secondary N) is 1. The fourth-order valence-electron chi connectivity index (χ4n) is 2.89. The lowest BCUT2D eigenvalue weighted by Gasteiger charge is -2.36. The van der Waals surface area contributed by atoms with Gasteiger partial charge in [0.25, 0.3) is 5.91 Å². The van der Waals surface area contributed by atoms with E-state index in [0.29, 0.717) is 41.7 Å². The maximum atomic E-state index is 14.9. The highest BCUT2D eigenvalue weighted by molar-refractivity contribution is 7.17. The minimum atomic E-state index is -1.28. The fourth-order valence-corrected chi connectivity index (χ4v) is 3.90. The summed E-state index contributed by atoms with van der Waals surface area (Å²) in [6.07, 6.45) is 2.49. The van der Waals surface area contributed by atoms with Crippen LogP contribution in [0.3, 0.4) is 0 Å². The summed E-state index contributed by atoms with van der Waals surface area (Å²) < 4.78 is 15.5. The van der Waals surface area contributed by atoms with E-state index in [-0.39, 0.29) is 12.5 Å². The van der Waals surface area contributed by atoms with Crippen LogP contribution in [0.25, 0.3) is 0 Å². The highest BCUT2D eigenvalue weighted by atomic mass is 35.5. The molecule has 1 aliphatic rings. The van der Waals surface area contributed by atoms with Gasteiger partial charge in [-0.3, -0.25) is 9.78 Å². The maximum absolute atomic E-state index is 14.9. The van der Waals surface area contributed by atoms with Crippen LogP contribution in [0.2, 0.25) is 4.34 Å². The van der Waals surface area contributed by atoms with Crippen molar-refractivity contribution in [2.24, 2.45) is 0 Å². The monoisotopic (exact) mass is 381 g/mol. The number of hydrogen-bond donors (Lipinski definition) is 1. The molecular weight excluding hydrogens is 361 g/mol. The fraction of sp³-hybridized carbons (Fsp3) is 0.444. The van der Waals surface area contributed by atoms with Gasteiger partial charge in [-0.15, -0.1) is 11.3 Å². The molecule has 2 aromatic rings. The quantitative estimate of drug-likeness (QED) is 0.855. The van der Waals surface area contributed by atoms with Gasteiger partial charge in [-0.25, -0.2) is 4.39 Å². The van der Waals surface area contributed by atoms with E-state index >= 15 is 0 Å². The van der Waals surface area contributed by atoms with Gasteiger partial charge in [0.1, 0.15) is 5.67 Å². The Kier molecular flexibility index (Phi) is 5.71. The minimum Gasteiger partial charge on any atom is -0.338 e. The Hall–Kier alpha value is -1.50. The van der Waals surface area contributed by atoms with Crippen molar-refractivity contribution in [3.8, 4) is 0 Å². The number of hydrogen-bond acceptors (Lipinski definition) is 4. The molecule has 4 nitrogen and oxygen atoms in total. The molecule has 1 amide bonds. The Bertz CT molecular complexity index is 726. The molecule has 7 heteroatoms. The smallest absolute Gasteiger partial charge is 0.263 e. The number of carbonyl (C=O) groups is 1. The second-order valence-corrected chi connectivity index (χ2v) is 8.19. The average molecular weight is 382 g/mol. The van der Waals surface area contributed by atoms with E-state index in [2.05, 4.69) is 10.3 Å². The molecule has 1 fully saturated rings. The van der Waals surface area contributed by atoms with Crippen LogP contribution in [0.15, 0.2) is 30.5 Å². The molecule has 0 atom stereocenters. The van der Waals surface area contributed by atoms with Crippen molar-refractivity contribution in [2.75, 3.05) is 19.6 Å². The molecule has 0 unspecified atom stereocenters. The Morgan fingerprint density at radius 2 is 2.12 bits per heavy atom. The summed E-state index contributed by atoms with van der Waals surface area (Å²) in [5.41, 5.74) is 0.723. The largest absolute Gasteiger partial charge is 0.338 e. The molecule has 0 aromatic carbocycles. The van der Waals surface area contributed by atoms with Crippen LogP contribution in [-0.2, 0) is 6.54 Å². The van der Waals surface area contributed by atoms with E-state index in [1.807, 2.05) is 25.3 Å². The number of nitrogens with zero attached hydrogens (tertiary/aromatic N) is 2. The number of amides is 1. The van der Waals surface area contributed by atoms with Crippen molar-refractivity contribution in [3.63, 3.8) is 0 Å². The predicted molar refractivity (Wildman–Crippen MR) is 99.0 cm³/mol. The number of halogens is 2. The standard InChI is InChI=1S/C18H21ClFN3OS/c1-13-2-3-14(22-10-13)11-21-12-18(20)6-8-23(9-7-18)17(24)15-4-5-16(19)25-15/h2-5,10,21H,6-9,11-12H2,1H3. The lowest BCUT2D eigenvalue weighted by Crippen LogP contribution is -2.48.